The van der Waals surface area contributed by atoms with Crippen LogP contribution in [0.15, 0.2) is 65.9 Å². The average Bonchev–Trinajstić information content (AvgIpc) is 2.86. The molecule has 9 heteroatoms. The number of carbonyl (C=O) groups is 3. The molecular weight excluding hydrogens is 470 g/mol. The third-order valence-corrected chi connectivity index (χ3v) is 5.82. The van der Waals surface area contributed by atoms with Crippen molar-refractivity contribution < 1.29 is 23.9 Å². The first-order valence-electron chi connectivity index (χ1n) is 11.2. The number of nitrogens with one attached hydrogen (secondary N) is 2. The highest BCUT2D eigenvalue weighted by Gasteiger charge is 2.32. The Balaban J connectivity index is 1.68. The largest absolute Gasteiger partial charge is 0.463 e. The van der Waals surface area contributed by atoms with Gasteiger partial charge in [0.05, 0.1) is 40.7 Å². The molecule has 1 aromatic heterocycles. The van der Waals surface area contributed by atoms with E-state index in [1.165, 1.54) is 0 Å². The van der Waals surface area contributed by atoms with Crippen LogP contribution < -0.4 is 10.6 Å². The third-order valence-electron chi connectivity index (χ3n) is 5.57. The summed E-state index contributed by atoms with van der Waals surface area (Å²) in [6.45, 7) is 3.40. The van der Waals surface area contributed by atoms with E-state index in [0.29, 0.717) is 33.6 Å². The number of nitrogens with zero attached hydrogens (tertiary/aromatic N) is 1. The Morgan fingerprint density at radius 3 is 2.49 bits per heavy atom. The molecule has 2 aromatic carbocycles. The second kappa shape index (κ2) is 10.6. The van der Waals surface area contributed by atoms with Crippen molar-refractivity contribution in [2.75, 3.05) is 13.2 Å². The van der Waals surface area contributed by atoms with Crippen LogP contribution in [0.3, 0.4) is 0 Å². The van der Waals surface area contributed by atoms with E-state index in [2.05, 4.69) is 15.6 Å². The summed E-state index contributed by atoms with van der Waals surface area (Å²) in [5.74, 6) is -1.19. The van der Waals surface area contributed by atoms with E-state index in [0.717, 1.165) is 5.56 Å². The molecule has 180 valence electrons. The summed E-state index contributed by atoms with van der Waals surface area (Å²) >= 11 is 6.01. The highest BCUT2D eigenvalue weighted by atomic mass is 35.5. The molecule has 2 N–H and O–H groups in total. The molecule has 8 nitrogen and oxygen atoms in total. The SMILES string of the molecule is CCOC(=O)C1=C(COC(=O)c2cc(-c3ccc(Cl)cc3)nc3ccccc23)NC(=O)NC1CC. The molecule has 0 bridgehead atoms. The van der Waals surface area contributed by atoms with Crippen molar-refractivity contribution in [1.29, 1.82) is 0 Å². The highest BCUT2D eigenvalue weighted by Crippen LogP contribution is 2.27. The smallest absolute Gasteiger partial charge is 0.339 e. The molecule has 0 saturated carbocycles. The van der Waals surface area contributed by atoms with Crippen molar-refractivity contribution in [3.63, 3.8) is 0 Å². The highest BCUT2D eigenvalue weighted by molar-refractivity contribution is 6.30. The van der Waals surface area contributed by atoms with Gasteiger partial charge in [0, 0.05) is 16.0 Å². The van der Waals surface area contributed by atoms with Gasteiger partial charge in [-0.2, -0.15) is 0 Å². The van der Waals surface area contributed by atoms with Crippen LogP contribution in [0.2, 0.25) is 5.02 Å². The molecule has 4 rings (SSSR count). The van der Waals surface area contributed by atoms with Crippen molar-refractivity contribution in [1.82, 2.24) is 15.6 Å². The zero-order chi connectivity index (χ0) is 24.9. The van der Waals surface area contributed by atoms with Crippen LogP contribution in [0.4, 0.5) is 4.79 Å². The molecule has 0 saturated heterocycles. The van der Waals surface area contributed by atoms with E-state index < -0.39 is 24.0 Å². The maximum absolute atomic E-state index is 13.2. The summed E-state index contributed by atoms with van der Waals surface area (Å²) in [6.07, 6.45) is 0.471. The predicted octanol–water partition coefficient (Wildman–Crippen LogP) is 4.62. The van der Waals surface area contributed by atoms with Crippen molar-refractivity contribution in [2.45, 2.75) is 26.3 Å². The first kappa shape index (κ1) is 24.2. The maximum atomic E-state index is 13.2. The number of hydrogen-bond acceptors (Lipinski definition) is 6. The van der Waals surface area contributed by atoms with E-state index in [1.807, 2.05) is 37.3 Å². The van der Waals surface area contributed by atoms with Gasteiger partial charge in [0.2, 0.25) is 0 Å². The Morgan fingerprint density at radius 1 is 1.03 bits per heavy atom. The molecule has 1 unspecified atom stereocenters. The van der Waals surface area contributed by atoms with E-state index in [9.17, 15) is 14.4 Å². The first-order valence-corrected chi connectivity index (χ1v) is 11.6. The van der Waals surface area contributed by atoms with Crippen molar-refractivity contribution in [3.8, 4) is 11.3 Å². The summed E-state index contributed by atoms with van der Waals surface area (Å²) in [4.78, 5) is 42.6. The number of aromatic nitrogens is 1. The number of esters is 2. The normalized spacial score (nSPS) is 15.4. The van der Waals surface area contributed by atoms with Gasteiger partial charge in [0.1, 0.15) is 6.61 Å². The van der Waals surface area contributed by atoms with Gasteiger partial charge in [0.25, 0.3) is 0 Å². The average molecular weight is 494 g/mol. The Morgan fingerprint density at radius 2 is 1.77 bits per heavy atom. The lowest BCUT2D eigenvalue weighted by Crippen LogP contribution is -2.51. The van der Waals surface area contributed by atoms with E-state index in [-0.39, 0.29) is 24.5 Å². The number of ether oxygens (including phenoxy) is 2. The lowest BCUT2D eigenvalue weighted by atomic mass is 10.0. The number of hydrogen-bond donors (Lipinski definition) is 2. The zero-order valence-corrected chi connectivity index (χ0v) is 20.0. The van der Waals surface area contributed by atoms with Crippen LogP contribution in [0.5, 0.6) is 0 Å². The van der Waals surface area contributed by atoms with Gasteiger partial charge in [-0.15, -0.1) is 0 Å². The van der Waals surface area contributed by atoms with Gasteiger partial charge >= 0.3 is 18.0 Å². The molecule has 2 amide bonds. The molecule has 0 spiro atoms. The Hall–Kier alpha value is -3.91. The topological polar surface area (TPSA) is 107 Å². The number of pyridine rings is 1. The minimum atomic E-state index is -0.615. The summed E-state index contributed by atoms with van der Waals surface area (Å²) in [5, 5.41) is 6.49. The summed E-state index contributed by atoms with van der Waals surface area (Å²) in [6, 6.07) is 15.0. The van der Waals surface area contributed by atoms with Gasteiger partial charge in [-0.3, -0.25) is 0 Å². The maximum Gasteiger partial charge on any atom is 0.339 e. The Bertz CT molecular complexity index is 1320. The lowest BCUT2D eigenvalue weighted by Gasteiger charge is -2.28. The van der Waals surface area contributed by atoms with Crippen LogP contribution in [0.25, 0.3) is 22.2 Å². The molecular formula is C26H24ClN3O5. The number of para-hydroxylation sites is 1. The fourth-order valence-corrected chi connectivity index (χ4v) is 4.03. The summed E-state index contributed by atoms with van der Waals surface area (Å²) < 4.78 is 10.7. The van der Waals surface area contributed by atoms with Gasteiger partial charge < -0.3 is 20.1 Å². The number of halogens is 1. The second-order valence-electron chi connectivity index (χ2n) is 7.83. The number of carbonyl (C=O) groups excluding carboxylic acids is 3. The van der Waals surface area contributed by atoms with E-state index >= 15 is 0 Å². The van der Waals surface area contributed by atoms with E-state index in [4.69, 9.17) is 21.1 Å². The van der Waals surface area contributed by atoms with Gasteiger partial charge in [0.15, 0.2) is 0 Å². The quantitative estimate of drug-likeness (QED) is 0.465. The monoisotopic (exact) mass is 493 g/mol. The zero-order valence-electron chi connectivity index (χ0n) is 19.3. The number of urea groups is 1. The number of fused-ring (bicyclic) bond motifs is 1. The molecule has 2 heterocycles. The van der Waals surface area contributed by atoms with Crippen LogP contribution in [-0.2, 0) is 14.3 Å². The van der Waals surface area contributed by atoms with Crippen LogP contribution in [0, 0.1) is 0 Å². The number of amides is 2. The lowest BCUT2D eigenvalue weighted by molar-refractivity contribution is -0.139. The predicted molar refractivity (Wildman–Crippen MR) is 132 cm³/mol. The molecule has 1 aliphatic heterocycles. The Kier molecular flexibility index (Phi) is 7.31. The third kappa shape index (κ3) is 5.27. The number of benzene rings is 2. The molecule has 0 fully saturated rings. The molecule has 0 radical (unpaired) electrons. The van der Waals surface area contributed by atoms with Crippen molar-refractivity contribution >= 4 is 40.5 Å². The summed E-state index contributed by atoms with van der Waals surface area (Å²) in [5.41, 5.74) is 2.75. The fourth-order valence-electron chi connectivity index (χ4n) is 3.90. The van der Waals surface area contributed by atoms with Crippen LogP contribution in [0.1, 0.15) is 30.6 Å². The molecule has 3 aromatic rings. The molecule has 1 atom stereocenters. The Labute approximate surface area is 207 Å². The van der Waals surface area contributed by atoms with Crippen molar-refractivity contribution in [3.05, 3.63) is 76.5 Å². The standard InChI is InChI=1S/C26H24ClN3O5/c1-3-19-23(25(32)34-4-2)22(30-26(33)29-19)14-35-24(31)18-13-21(15-9-11-16(27)12-10-15)28-20-8-6-5-7-17(18)20/h5-13,19H,3-4,14H2,1-2H3,(H2,29,30,33). The first-order chi connectivity index (χ1) is 16.9. The fraction of sp³-hybridized carbons (Fsp3) is 0.231. The van der Waals surface area contributed by atoms with Gasteiger partial charge in [-0.1, -0.05) is 48.9 Å². The van der Waals surface area contributed by atoms with Crippen LogP contribution >= 0.6 is 11.6 Å². The molecule has 1 aliphatic rings. The van der Waals surface area contributed by atoms with Gasteiger partial charge in [-0.05, 0) is 37.6 Å². The minimum absolute atomic E-state index is 0.177. The second-order valence-corrected chi connectivity index (χ2v) is 8.26. The summed E-state index contributed by atoms with van der Waals surface area (Å²) in [7, 11) is 0. The van der Waals surface area contributed by atoms with E-state index in [1.54, 1.807) is 31.2 Å². The van der Waals surface area contributed by atoms with Crippen molar-refractivity contribution in [2.24, 2.45) is 0 Å². The minimum Gasteiger partial charge on any atom is -0.463 e. The van der Waals surface area contributed by atoms with Gasteiger partial charge in [-0.25, -0.2) is 19.4 Å². The molecule has 0 aliphatic carbocycles. The number of rotatable bonds is 7. The van der Waals surface area contributed by atoms with Crippen LogP contribution in [-0.4, -0.2) is 42.2 Å². The molecule has 35 heavy (non-hydrogen) atoms.